The summed E-state index contributed by atoms with van der Waals surface area (Å²) < 4.78 is 5.89. The Morgan fingerprint density at radius 1 is 1.11 bits per heavy atom. The first kappa shape index (κ1) is 18.7. The lowest BCUT2D eigenvalue weighted by Crippen LogP contribution is -2.50. The summed E-state index contributed by atoms with van der Waals surface area (Å²) in [5.41, 5.74) is 0.666. The van der Waals surface area contributed by atoms with Crippen molar-refractivity contribution < 1.29 is 9.53 Å². The van der Waals surface area contributed by atoms with E-state index in [1.165, 1.54) is 0 Å². The van der Waals surface area contributed by atoms with E-state index in [1.807, 2.05) is 41.3 Å². The molecule has 2 aromatic rings. The molecule has 0 unspecified atom stereocenters. The van der Waals surface area contributed by atoms with E-state index in [2.05, 4.69) is 27.1 Å². The van der Waals surface area contributed by atoms with Crippen molar-refractivity contribution in [2.24, 2.45) is 0 Å². The van der Waals surface area contributed by atoms with E-state index in [0.717, 1.165) is 45.7 Å². The number of ether oxygens (including phenoxy) is 1. The summed E-state index contributed by atoms with van der Waals surface area (Å²) in [6, 6.07) is 11.5. The summed E-state index contributed by atoms with van der Waals surface area (Å²) >= 11 is 0. The number of likely N-dealkylation sites (tertiary alicyclic amines) is 1. The molecule has 0 saturated carbocycles. The highest BCUT2D eigenvalue weighted by molar-refractivity contribution is 5.91. The maximum atomic E-state index is 12.8. The number of hydrogen-bond donors (Lipinski definition) is 1. The number of nitrogens with zero attached hydrogens (tertiary/aromatic N) is 4. The van der Waals surface area contributed by atoms with E-state index in [0.29, 0.717) is 23.2 Å². The van der Waals surface area contributed by atoms with Gasteiger partial charge in [0.05, 0.1) is 11.9 Å². The largest absolute Gasteiger partial charge is 0.454 e. The van der Waals surface area contributed by atoms with Crippen LogP contribution < -0.4 is 10.1 Å². The quantitative estimate of drug-likeness (QED) is 0.882. The highest BCUT2D eigenvalue weighted by Gasteiger charge is 2.31. The number of urea groups is 1. The van der Waals surface area contributed by atoms with Crippen LogP contribution >= 0.6 is 0 Å². The van der Waals surface area contributed by atoms with Gasteiger partial charge in [-0.3, -0.25) is 9.88 Å². The van der Waals surface area contributed by atoms with Crippen LogP contribution in [0.2, 0.25) is 0 Å². The van der Waals surface area contributed by atoms with Gasteiger partial charge in [-0.1, -0.05) is 12.1 Å². The van der Waals surface area contributed by atoms with Crippen molar-refractivity contribution in [1.82, 2.24) is 19.7 Å². The average Bonchev–Trinajstić information content (AvgIpc) is 3.21. The third-order valence-corrected chi connectivity index (χ3v) is 5.50. The van der Waals surface area contributed by atoms with Gasteiger partial charge in [-0.05, 0) is 37.7 Å². The normalized spacial score (nSPS) is 20.9. The number of benzene rings is 1. The molecule has 148 valence electrons. The molecule has 2 fully saturated rings. The van der Waals surface area contributed by atoms with Crippen molar-refractivity contribution in [3.05, 3.63) is 48.8 Å². The third kappa shape index (κ3) is 4.43. The smallest absolute Gasteiger partial charge is 0.322 e. The average molecular weight is 381 g/mol. The number of likely N-dealkylation sites (N-methyl/N-ethyl adjacent to an activating group) is 1. The summed E-state index contributed by atoms with van der Waals surface area (Å²) in [5, 5.41) is 3.02. The first-order valence-electron chi connectivity index (χ1n) is 9.84. The van der Waals surface area contributed by atoms with Crippen LogP contribution in [0.5, 0.6) is 11.5 Å². The molecule has 2 amide bonds. The number of hydrogen-bond acceptors (Lipinski definition) is 5. The molecule has 2 aliphatic rings. The number of para-hydroxylation sites is 2. The summed E-state index contributed by atoms with van der Waals surface area (Å²) in [6.07, 6.45) is 4.38. The monoisotopic (exact) mass is 381 g/mol. The molecule has 0 bridgehead atoms. The number of carbonyl (C=O) groups excluding carboxylic acids is 1. The van der Waals surface area contributed by atoms with Gasteiger partial charge in [0.15, 0.2) is 5.75 Å². The number of carbonyl (C=O) groups is 1. The molecule has 0 spiro atoms. The Morgan fingerprint density at radius 3 is 2.71 bits per heavy atom. The summed E-state index contributed by atoms with van der Waals surface area (Å²) in [6.45, 7) is 5.93. The van der Waals surface area contributed by atoms with E-state index in [9.17, 15) is 4.79 Å². The summed E-state index contributed by atoms with van der Waals surface area (Å²) in [7, 11) is 2.16. The van der Waals surface area contributed by atoms with Crippen molar-refractivity contribution in [3.8, 4) is 11.5 Å². The van der Waals surface area contributed by atoms with E-state index < -0.39 is 0 Å². The van der Waals surface area contributed by atoms with Crippen molar-refractivity contribution in [3.63, 3.8) is 0 Å². The van der Waals surface area contributed by atoms with Gasteiger partial charge < -0.3 is 19.9 Å². The number of aromatic nitrogens is 1. The standard InChI is InChI=1S/C21H27N5O2/c1-24-11-13-25(14-12-24)17-8-10-26(16-17)21(27)23-19-6-2-3-7-20(19)28-18-5-4-9-22-15-18/h2-7,9,15,17H,8,10-14,16H2,1H3,(H,23,27)/t17-/m1/s1. The summed E-state index contributed by atoms with van der Waals surface area (Å²) in [4.78, 5) is 23.7. The third-order valence-electron chi connectivity index (χ3n) is 5.50. The Labute approximate surface area is 165 Å². The van der Waals surface area contributed by atoms with E-state index >= 15 is 0 Å². The zero-order chi connectivity index (χ0) is 19.3. The molecule has 2 aliphatic heterocycles. The Balaban J connectivity index is 1.37. The van der Waals surface area contributed by atoms with Gasteiger partial charge in [0, 0.05) is 51.5 Å². The minimum Gasteiger partial charge on any atom is -0.454 e. The molecule has 3 heterocycles. The SMILES string of the molecule is CN1CCN([C@@H]2CCN(C(=O)Nc3ccccc3Oc3cccnc3)C2)CC1. The molecule has 2 saturated heterocycles. The predicted octanol–water partition coefficient (Wildman–Crippen LogP) is 2.73. The zero-order valence-corrected chi connectivity index (χ0v) is 16.3. The van der Waals surface area contributed by atoms with Crippen LogP contribution in [0.25, 0.3) is 0 Å². The van der Waals surface area contributed by atoms with Gasteiger partial charge in [-0.2, -0.15) is 0 Å². The molecule has 1 aromatic heterocycles. The number of rotatable bonds is 4. The maximum absolute atomic E-state index is 12.8. The van der Waals surface area contributed by atoms with Gasteiger partial charge in [0.1, 0.15) is 5.75 Å². The van der Waals surface area contributed by atoms with E-state index in [-0.39, 0.29) is 6.03 Å². The molecule has 1 aromatic carbocycles. The molecule has 4 rings (SSSR count). The lowest BCUT2D eigenvalue weighted by molar-refractivity contribution is 0.115. The summed E-state index contributed by atoms with van der Waals surface area (Å²) in [5.74, 6) is 1.25. The molecular formula is C21H27N5O2. The number of anilines is 1. The van der Waals surface area contributed by atoms with Gasteiger partial charge in [0.25, 0.3) is 0 Å². The lowest BCUT2D eigenvalue weighted by atomic mass is 10.2. The topological polar surface area (TPSA) is 60.9 Å². The molecule has 1 N–H and O–H groups in total. The van der Waals surface area contributed by atoms with Crippen LogP contribution in [-0.2, 0) is 0 Å². The minimum absolute atomic E-state index is 0.0705. The van der Waals surface area contributed by atoms with E-state index in [1.54, 1.807) is 12.4 Å². The fraction of sp³-hybridized carbons (Fsp3) is 0.429. The first-order valence-corrected chi connectivity index (χ1v) is 9.84. The molecule has 7 nitrogen and oxygen atoms in total. The van der Waals surface area contributed by atoms with Crippen molar-refractivity contribution in [1.29, 1.82) is 0 Å². The second-order valence-corrected chi connectivity index (χ2v) is 7.44. The molecule has 1 atom stereocenters. The Morgan fingerprint density at radius 2 is 1.93 bits per heavy atom. The minimum atomic E-state index is -0.0705. The highest BCUT2D eigenvalue weighted by atomic mass is 16.5. The van der Waals surface area contributed by atoms with Crippen LogP contribution in [0.3, 0.4) is 0 Å². The van der Waals surface area contributed by atoms with Crippen LogP contribution in [0.1, 0.15) is 6.42 Å². The van der Waals surface area contributed by atoms with Gasteiger partial charge in [-0.25, -0.2) is 4.79 Å². The fourth-order valence-electron chi connectivity index (χ4n) is 3.80. The van der Waals surface area contributed by atoms with Crippen LogP contribution in [0.15, 0.2) is 48.8 Å². The fourth-order valence-corrected chi connectivity index (χ4v) is 3.80. The van der Waals surface area contributed by atoms with Gasteiger partial charge in [-0.15, -0.1) is 0 Å². The first-order chi connectivity index (χ1) is 13.7. The predicted molar refractivity (Wildman–Crippen MR) is 109 cm³/mol. The Bertz CT molecular complexity index is 792. The van der Waals surface area contributed by atoms with Crippen molar-refractivity contribution in [2.75, 3.05) is 51.6 Å². The van der Waals surface area contributed by atoms with Gasteiger partial charge in [0.2, 0.25) is 0 Å². The number of amides is 2. The maximum Gasteiger partial charge on any atom is 0.322 e. The van der Waals surface area contributed by atoms with Crippen molar-refractivity contribution >= 4 is 11.7 Å². The van der Waals surface area contributed by atoms with Gasteiger partial charge >= 0.3 is 6.03 Å². The highest BCUT2D eigenvalue weighted by Crippen LogP contribution is 2.29. The van der Waals surface area contributed by atoms with Crippen LogP contribution in [-0.4, -0.2) is 78.1 Å². The molecular weight excluding hydrogens is 354 g/mol. The Hall–Kier alpha value is -2.64. The molecule has 28 heavy (non-hydrogen) atoms. The Kier molecular flexibility index (Phi) is 5.73. The second kappa shape index (κ2) is 8.58. The molecule has 7 heteroatoms. The zero-order valence-electron chi connectivity index (χ0n) is 16.3. The molecule has 0 aliphatic carbocycles. The van der Waals surface area contributed by atoms with Crippen LogP contribution in [0.4, 0.5) is 10.5 Å². The lowest BCUT2D eigenvalue weighted by Gasteiger charge is -2.36. The number of pyridine rings is 1. The van der Waals surface area contributed by atoms with E-state index in [4.69, 9.17) is 4.74 Å². The second-order valence-electron chi connectivity index (χ2n) is 7.44. The van der Waals surface area contributed by atoms with Crippen molar-refractivity contribution in [2.45, 2.75) is 12.5 Å². The number of piperazine rings is 1. The number of nitrogens with one attached hydrogen (secondary N) is 1. The molecule has 0 radical (unpaired) electrons. The van der Waals surface area contributed by atoms with Crippen LogP contribution in [0, 0.1) is 0 Å².